The summed E-state index contributed by atoms with van der Waals surface area (Å²) >= 11 is 0. The molecule has 0 spiro atoms. The monoisotopic (exact) mass is 212 g/mol. The first-order chi connectivity index (χ1) is 7.24. The van der Waals surface area contributed by atoms with Crippen LogP contribution in [0.3, 0.4) is 0 Å². The van der Waals surface area contributed by atoms with Crippen molar-refractivity contribution in [2.45, 2.75) is 52.5 Å². The summed E-state index contributed by atoms with van der Waals surface area (Å²) in [6, 6.07) is 0.788. The summed E-state index contributed by atoms with van der Waals surface area (Å²) in [5.74, 6) is 0.954. The van der Waals surface area contributed by atoms with E-state index in [1.54, 1.807) is 0 Å². The molecule has 1 unspecified atom stereocenters. The van der Waals surface area contributed by atoms with Crippen LogP contribution in [0.25, 0.3) is 0 Å². The summed E-state index contributed by atoms with van der Waals surface area (Å²) in [5.41, 5.74) is 0. The zero-order valence-electron chi connectivity index (χ0n) is 10.8. The molecule has 0 aromatic heterocycles. The summed E-state index contributed by atoms with van der Waals surface area (Å²) in [6.07, 6.45) is 5.47. The molecule has 0 aliphatic carbocycles. The maximum absolute atomic E-state index is 3.40. The first-order valence-electron chi connectivity index (χ1n) is 6.68. The third kappa shape index (κ3) is 4.98. The highest BCUT2D eigenvalue weighted by atomic mass is 15.2. The van der Waals surface area contributed by atoms with Gasteiger partial charge in [0.1, 0.15) is 0 Å². The molecular weight excluding hydrogens is 184 g/mol. The topological polar surface area (TPSA) is 15.3 Å². The molecule has 1 aliphatic rings. The van der Waals surface area contributed by atoms with E-state index in [4.69, 9.17) is 0 Å². The van der Waals surface area contributed by atoms with Gasteiger partial charge in [-0.25, -0.2) is 0 Å². The quantitative estimate of drug-likeness (QED) is 0.681. The van der Waals surface area contributed by atoms with Crippen molar-refractivity contribution >= 4 is 0 Å². The van der Waals surface area contributed by atoms with Gasteiger partial charge in [-0.2, -0.15) is 0 Å². The Hall–Kier alpha value is -0.0800. The van der Waals surface area contributed by atoms with Gasteiger partial charge in [-0.15, -0.1) is 0 Å². The highest BCUT2D eigenvalue weighted by Crippen LogP contribution is 2.19. The minimum atomic E-state index is 0.788. The van der Waals surface area contributed by atoms with Crippen molar-refractivity contribution < 1.29 is 0 Å². The standard InChI is InChI=1S/C13H28N2/c1-4-14-9-5-6-13(3)15-10-7-12(2)8-11-15/h12-14H,4-11H2,1-3H3. The second-order valence-electron chi connectivity index (χ2n) is 5.06. The van der Waals surface area contributed by atoms with Gasteiger partial charge in [0.25, 0.3) is 0 Å². The van der Waals surface area contributed by atoms with Gasteiger partial charge in [0.15, 0.2) is 0 Å². The van der Waals surface area contributed by atoms with Crippen LogP contribution in [0, 0.1) is 5.92 Å². The van der Waals surface area contributed by atoms with E-state index in [0.717, 1.165) is 18.5 Å². The van der Waals surface area contributed by atoms with Crippen molar-refractivity contribution in [2.24, 2.45) is 5.92 Å². The first-order valence-corrected chi connectivity index (χ1v) is 6.68. The lowest BCUT2D eigenvalue weighted by Crippen LogP contribution is -2.39. The predicted octanol–water partition coefficient (Wildman–Crippen LogP) is 2.50. The van der Waals surface area contributed by atoms with Crippen LogP contribution in [-0.4, -0.2) is 37.1 Å². The van der Waals surface area contributed by atoms with Crippen molar-refractivity contribution in [3.05, 3.63) is 0 Å². The number of nitrogens with zero attached hydrogens (tertiary/aromatic N) is 1. The second-order valence-corrected chi connectivity index (χ2v) is 5.06. The van der Waals surface area contributed by atoms with E-state index in [2.05, 4.69) is 31.0 Å². The van der Waals surface area contributed by atoms with Crippen LogP contribution in [0.15, 0.2) is 0 Å². The SMILES string of the molecule is CCNCCCC(C)N1CCC(C)CC1. The van der Waals surface area contributed by atoms with Crippen molar-refractivity contribution in [1.29, 1.82) is 0 Å². The fourth-order valence-electron chi connectivity index (χ4n) is 2.35. The molecular formula is C13H28N2. The van der Waals surface area contributed by atoms with Crippen LogP contribution in [0.4, 0.5) is 0 Å². The van der Waals surface area contributed by atoms with Gasteiger partial charge in [-0.05, 0) is 64.7 Å². The van der Waals surface area contributed by atoms with E-state index in [0.29, 0.717) is 0 Å². The van der Waals surface area contributed by atoms with Crippen LogP contribution < -0.4 is 5.32 Å². The Labute approximate surface area is 95.4 Å². The Morgan fingerprint density at radius 2 is 2.00 bits per heavy atom. The largest absolute Gasteiger partial charge is 0.317 e. The molecule has 1 rings (SSSR count). The Kier molecular flexibility index (Phi) is 6.26. The molecule has 1 N–H and O–H groups in total. The molecule has 1 saturated heterocycles. The van der Waals surface area contributed by atoms with E-state index in [1.165, 1.54) is 45.3 Å². The van der Waals surface area contributed by atoms with E-state index in [1.807, 2.05) is 0 Å². The first kappa shape index (κ1) is 13.0. The highest BCUT2D eigenvalue weighted by molar-refractivity contribution is 4.74. The van der Waals surface area contributed by atoms with E-state index < -0.39 is 0 Å². The Morgan fingerprint density at radius 1 is 1.33 bits per heavy atom. The van der Waals surface area contributed by atoms with Gasteiger partial charge in [0.05, 0.1) is 0 Å². The van der Waals surface area contributed by atoms with Gasteiger partial charge >= 0.3 is 0 Å². The maximum Gasteiger partial charge on any atom is 0.00674 e. The van der Waals surface area contributed by atoms with Crippen molar-refractivity contribution in [1.82, 2.24) is 10.2 Å². The van der Waals surface area contributed by atoms with Crippen molar-refractivity contribution in [2.75, 3.05) is 26.2 Å². The number of hydrogen-bond acceptors (Lipinski definition) is 2. The molecule has 0 radical (unpaired) electrons. The summed E-state index contributed by atoms with van der Waals surface area (Å²) < 4.78 is 0. The number of likely N-dealkylation sites (tertiary alicyclic amines) is 1. The van der Waals surface area contributed by atoms with Crippen LogP contribution >= 0.6 is 0 Å². The van der Waals surface area contributed by atoms with Crippen molar-refractivity contribution in [3.63, 3.8) is 0 Å². The molecule has 2 nitrogen and oxygen atoms in total. The fourth-order valence-corrected chi connectivity index (χ4v) is 2.35. The molecule has 2 heteroatoms. The summed E-state index contributed by atoms with van der Waals surface area (Å²) in [6.45, 7) is 11.9. The second kappa shape index (κ2) is 7.24. The molecule has 0 amide bonds. The minimum Gasteiger partial charge on any atom is -0.317 e. The zero-order chi connectivity index (χ0) is 11.1. The Balaban J connectivity index is 2.08. The highest BCUT2D eigenvalue weighted by Gasteiger charge is 2.19. The average Bonchev–Trinajstić information content (AvgIpc) is 2.25. The van der Waals surface area contributed by atoms with Crippen LogP contribution in [-0.2, 0) is 0 Å². The van der Waals surface area contributed by atoms with Gasteiger partial charge in [0.2, 0.25) is 0 Å². The molecule has 0 saturated carbocycles. The van der Waals surface area contributed by atoms with Gasteiger partial charge < -0.3 is 10.2 Å². The molecule has 1 fully saturated rings. The zero-order valence-corrected chi connectivity index (χ0v) is 10.8. The molecule has 90 valence electrons. The van der Waals surface area contributed by atoms with Crippen LogP contribution in [0.1, 0.15) is 46.5 Å². The molecule has 1 heterocycles. The number of piperidine rings is 1. The molecule has 1 atom stereocenters. The third-order valence-corrected chi connectivity index (χ3v) is 3.67. The lowest BCUT2D eigenvalue weighted by Gasteiger charge is -2.35. The molecule has 1 aliphatic heterocycles. The third-order valence-electron chi connectivity index (χ3n) is 3.67. The normalized spacial score (nSPS) is 21.8. The summed E-state index contributed by atoms with van der Waals surface area (Å²) in [7, 11) is 0. The van der Waals surface area contributed by atoms with E-state index in [9.17, 15) is 0 Å². The summed E-state index contributed by atoms with van der Waals surface area (Å²) in [5, 5.41) is 3.40. The van der Waals surface area contributed by atoms with E-state index >= 15 is 0 Å². The fraction of sp³-hybridized carbons (Fsp3) is 1.00. The van der Waals surface area contributed by atoms with Crippen molar-refractivity contribution in [3.8, 4) is 0 Å². The Bertz CT molecular complexity index is 151. The maximum atomic E-state index is 3.40. The predicted molar refractivity (Wildman–Crippen MR) is 67.2 cm³/mol. The van der Waals surface area contributed by atoms with Gasteiger partial charge in [-0.3, -0.25) is 0 Å². The molecule has 0 aromatic rings. The van der Waals surface area contributed by atoms with Crippen LogP contribution in [0.5, 0.6) is 0 Å². The van der Waals surface area contributed by atoms with E-state index in [-0.39, 0.29) is 0 Å². The number of hydrogen-bond donors (Lipinski definition) is 1. The average molecular weight is 212 g/mol. The number of nitrogens with one attached hydrogen (secondary N) is 1. The minimum absolute atomic E-state index is 0.788. The van der Waals surface area contributed by atoms with Gasteiger partial charge in [0, 0.05) is 6.04 Å². The lowest BCUT2D eigenvalue weighted by molar-refractivity contribution is 0.139. The van der Waals surface area contributed by atoms with Gasteiger partial charge in [-0.1, -0.05) is 13.8 Å². The summed E-state index contributed by atoms with van der Waals surface area (Å²) in [4.78, 5) is 2.67. The Morgan fingerprint density at radius 3 is 2.60 bits per heavy atom. The molecule has 0 bridgehead atoms. The smallest absolute Gasteiger partial charge is 0.00674 e. The van der Waals surface area contributed by atoms with Crippen LogP contribution in [0.2, 0.25) is 0 Å². The molecule has 15 heavy (non-hydrogen) atoms. The number of rotatable bonds is 6. The lowest BCUT2D eigenvalue weighted by atomic mass is 9.97. The molecule has 0 aromatic carbocycles.